The van der Waals surface area contributed by atoms with Crippen LogP contribution in [0.4, 0.5) is 4.39 Å². The molecular weight excluding hydrogens is 459 g/mol. The van der Waals surface area contributed by atoms with E-state index in [9.17, 15) is 4.39 Å². The van der Waals surface area contributed by atoms with Crippen molar-refractivity contribution in [2.75, 3.05) is 13.1 Å². The lowest BCUT2D eigenvalue weighted by molar-refractivity contribution is 0.210. The van der Waals surface area contributed by atoms with Gasteiger partial charge in [-0.25, -0.2) is 14.1 Å². The van der Waals surface area contributed by atoms with Gasteiger partial charge in [-0.05, 0) is 44.9 Å². The molecule has 1 aliphatic heterocycles. The van der Waals surface area contributed by atoms with Crippen molar-refractivity contribution in [2.45, 2.75) is 38.8 Å². The number of imidazole rings is 1. The van der Waals surface area contributed by atoms with Crippen LogP contribution in [-0.2, 0) is 0 Å². The molecule has 174 valence electrons. The van der Waals surface area contributed by atoms with E-state index in [0.717, 1.165) is 36.0 Å². The van der Waals surface area contributed by atoms with Gasteiger partial charge in [0.2, 0.25) is 5.88 Å². The molecule has 0 radical (unpaired) electrons. The highest BCUT2D eigenvalue weighted by Gasteiger charge is 2.24. The van der Waals surface area contributed by atoms with Crippen LogP contribution in [0.1, 0.15) is 43.3 Å². The fourth-order valence-electron chi connectivity index (χ4n) is 4.30. The molecule has 0 spiro atoms. The molecule has 1 saturated heterocycles. The number of nitriles is 1. The van der Waals surface area contributed by atoms with Crippen molar-refractivity contribution in [1.29, 1.82) is 5.26 Å². The Labute approximate surface area is 200 Å². The Hall–Kier alpha value is -3.71. The summed E-state index contributed by atoms with van der Waals surface area (Å²) < 4.78 is 23.1. The Morgan fingerprint density at radius 1 is 1.21 bits per heavy atom. The molecule has 4 aromatic heterocycles. The maximum absolute atomic E-state index is 13.3. The molecule has 0 amide bonds. The molecule has 0 aromatic carbocycles. The number of hydrogen-bond acceptors (Lipinski definition) is 7. The summed E-state index contributed by atoms with van der Waals surface area (Å²) in [4.78, 5) is 10.3. The first-order valence-corrected chi connectivity index (χ1v) is 11.3. The average Bonchev–Trinajstić information content (AvgIpc) is 3.42. The zero-order chi connectivity index (χ0) is 23.8. The number of nitrogens with zero attached hydrogens (tertiary/aromatic N) is 8. The van der Waals surface area contributed by atoms with E-state index < -0.39 is 11.9 Å². The Bertz CT molecular complexity index is 1370. The summed E-state index contributed by atoms with van der Waals surface area (Å²) in [5, 5.41) is 18.4. The lowest BCUT2D eigenvalue weighted by atomic mass is 10.0. The molecule has 9 nitrogen and oxygen atoms in total. The van der Waals surface area contributed by atoms with E-state index in [1.807, 2.05) is 30.7 Å². The predicted octanol–water partition coefficient (Wildman–Crippen LogP) is 4.35. The van der Waals surface area contributed by atoms with Crippen LogP contribution in [0.3, 0.4) is 0 Å². The van der Waals surface area contributed by atoms with Gasteiger partial charge in [-0.1, -0.05) is 16.8 Å². The second-order valence-electron chi connectivity index (χ2n) is 8.30. The number of hydrogen-bond donors (Lipinski definition) is 0. The van der Waals surface area contributed by atoms with Crippen LogP contribution in [0.2, 0.25) is 5.15 Å². The number of rotatable bonds is 5. The molecule has 11 heteroatoms. The number of likely N-dealkylation sites (tertiary alicyclic amines) is 1. The van der Waals surface area contributed by atoms with Crippen LogP contribution in [-0.4, -0.2) is 47.4 Å². The third-order valence-corrected chi connectivity index (χ3v) is 6.41. The fraction of sp³-hybridized carbons (Fsp3) is 0.348. The minimum absolute atomic E-state index is 0.191. The first kappa shape index (κ1) is 22.1. The second-order valence-corrected chi connectivity index (χ2v) is 8.69. The molecule has 0 unspecified atom stereocenters. The van der Waals surface area contributed by atoms with Crippen molar-refractivity contribution in [1.82, 2.24) is 34.3 Å². The van der Waals surface area contributed by atoms with Crippen molar-refractivity contribution < 1.29 is 9.13 Å². The zero-order valence-electron chi connectivity index (χ0n) is 18.7. The molecule has 0 saturated carbocycles. The van der Waals surface area contributed by atoms with Gasteiger partial charge >= 0.3 is 0 Å². The Kier molecular flexibility index (Phi) is 5.79. The van der Waals surface area contributed by atoms with Crippen LogP contribution in [0.15, 0.2) is 36.7 Å². The summed E-state index contributed by atoms with van der Waals surface area (Å²) in [5.74, 6) is 0.0553. The van der Waals surface area contributed by atoms with Crippen molar-refractivity contribution >= 4 is 17.2 Å². The second kappa shape index (κ2) is 8.91. The average molecular weight is 481 g/mol. The topological polar surface area (TPSA) is 97.2 Å². The standard InChI is InChI=1S/C23H22ClFN8O/c1-14-23(29-30-33(14)18-5-7-31(13-26)8-6-18)16-9-21-28-12-20(24)32(21)22(10-16)34-15(2)19-4-3-17(25)11-27-19/h3-4,9-12,15,18H,5-8H2,1-2H3/t15-/m1/s1. The summed E-state index contributed by atoms with van der Waals surface area (Å²) >= 11 is 6.38. The Morgan fingerprint density at radius 3 is 2.71 bits per heavy atom. The van der Waals surface area contributed by atoms with Gasteiger partial charge in [0.15, 0.2) is 6.19 Å². The van der Waals surface area contributed by atoms with Gasteiger partial charge in [-0.3, -0.25) is 9.38 Å². The SMILES string of the molecule is Cc1c(-c2cc(O[C@H](C)c3ccc(F)cn3)n3c(Cl)cnc3c2)nnn1C1CCN(C#N)CC1. The highest BCUT2D eigenvalue weighted by molar-refractivity contribution is 6.29. The van der Waals surface area contributed by atoms with E-state index in [-0.39, 0.29) is 6.04 Å². The van der Waals surface area contributed by atoms with Crippen LogP contribution >= 0.6 is 11.6 Å². The van der Waals surface area contributed by atoms with E-state index in [1.54, 1.807) is 21.6 Å². The zero-order valence-corrected chi connectivity index (χ0v) is 19.4. The molecule has 1 atom stereocenters. The number of halogens is 2. The Balaban J connectivity index is 1.49. The van der Waals surface area contributed by atoms with Gasteiger partial charge in [0, 0.05) is 24.7 Å². The largest absolute Gasteiger partial charge is 0.469 e. The minimum atomic E-state index is -0.459. The smallest absolute Gasteiger partial charge is 0.201 e. The molecule has 5 heterocycles. The maximum Gasteiger partial charge on any atom is 0.201 e. The van der Waals surface area contributed by atoms with E-state index in [1.165, 1.54) is 6.07 Å². The van der Waals surface area contributed by atoms with Crippen LogP contribution in [0.25, 0.3) is 16.9 Å². The summed E-state index contributed by atoms with van der Waals surface area (Å²) in [6.45, 7) is 5.24. The quantitative estimate of drug-likeness (QED) is 0.392. The number of pyridine rings is 2. The monoisotopic (exact) mass is 480 g/mol. The van der Waals surface area contributed by atoms with Crippen molar-refractivity contribution in [2.24, 2.45) is 0 Å². The van der Waals surface area contributed by atoms with Gasteiger partial charge in [-0.2, -0.15) is 5.26 Å². The van der Waals surface area contributed by atoms with Crippen molar-refractivity contribution in [3.05, 3.63) is 59.0 Å². The lowest BCUT2D eigenvalue weighted by Gasteiger charge is -2.28. The highest BCUT2D eigenvalue weighted by atomic mass is 35.5. The number of aromatic nitrogens is 6. The third-order valence-electron chi connectivity index (χ3n) is 6.15. The van der Waals surface area contributed by atoms with E-state index in [4.69, 9.17) is 21.6 Å². The molecule has 0 N–H and O–H groups in total. The maximum atomic E-state index is 13.3. The molecule has 1 fully saturated rings. The first-order chi connectivity index (χ1) is 16.4. The van der Waals surface area contributed by atoms with E-state index in [2.05, 4.69) is 26.5 Å². The van der Waals surface area contributed by atoms with Gasteiger partial charge < -0.3 is 9.64 Å². The van der Waals surface area contributed by atoms with Gasteiger partial charge in [0.25, 0.3) is 0 Å². The molecule has 0 bridgehead atoms. The number of fused-ring (bicyclic) bond motifs is 1. The summed E-state index contributed by atoms with van der Waals surface area (Å²) in [6, 6.07) is 6.86. The number of piperidine rings is 1. The minimum Gasteiger partial charge on any atom is -0.469 e. The third kappa shape index (κ3) is 4.03. The van der Waals surface area contributed by atoms with Crippen LogP contribution < -0.4 is 4.74 Å². The number of ether oxygens (including phenoxy) is 1. The highest BCUT2D eigenvalue weighted by Crippen LogP contribution is 2.33. The van der Waals surface area contributed by atoms with Crippen molar-refractivity contribution in [3.8, 4) is 23.3 Å². The predicted molar refractivity (Wildman–Crippen MR) is 123 cm³/mol. The summed E-state index contributed by atoms with van der Waals surface area (Å²) in [5.41, 5.74) is 3.63. The summed E-state index contributed by atoms with van der Waals surface area (Å²) in [7, 11) is 0. The van der Waals surface area contributed by atoms with E-state index in [0.29, 0.717) is 35.5 Å². The molecule has 1 aliphatic rings. The first-order valence-electron chi connectivity index (χ1n) is 11.0. The van der Waals surface area contributed by atoms with Gasteiger partial charge in [-0.15, -0.1) is 5.10 Å². The van der Waals surface area contributed by atoms with Crippen molar-refractivity contribution in [3.63, 3.8) is 0 Å². The fourth-order valence-corrected chi connectivity index (χ4v) is 4.52. The lowest BCUT2D eigenvalue weighted by Crippen LogP contribution is -2.31. The van der Waals surface area contributed by atoms with Crippen LogP contribution in [0, 0.1) is 24.2 Å². The molecule has 5 rings (SSSR count). The van der Waals surface area contributed by atoms with Crippen LogP contribution in [0.5, 0.6) is 5.88 Å². The molecule has 34 heavy (non-hydrogen) atoms. The molecule has 0 aliphatic carbocycles. The Morgan fingerprint density at radius 2 is 2.00 bits per heavy atom. The van der Waals surface area contributed by atoms with Gasteiger partial charge in [0.1, 0.15) is 28.4 Å². The normalized spacial score (nSPS) is 15.4. The molecule has 4 aromatic rings. The van der Waals surface area contributed by atoms with E-state index >= 15 is 0 Å². The van der Waals surface area contributed by atoms with Gasteiger partial charge in [0.05, 0.1) is 29.8 Å². The summed E-state index contributed by atoms with van der Waals surface area (Å²) in [6.07, 6.45) is 6.14. The molecular formula is C23H22ClFN8O.